The number of methoxy groups -OCH3 is 1. The van der Waals surface area contributed by atoms with Crippen LogP contribution in [0.2, 0.25) is 5.02 Å². The van der Waals surface area contributed by atoms with Crippen LogP contribution in [0, 0.1) is 5.92 Å². The zero-order valence-corrected chi connectivity index (χ0v) is 15.0. The fourth-order valence-corrected chi connectivity index (χ4v) is 2.84. The van der Waals surface area contributed by atoms with Crippen LogP contribution in [0.4, 0.5) is 10.5 Å². The molecule has 1 aliphatic rings. The summed E-state index contributed by atoms with van der Waals surface area (Å²) in [5.41, 5.74) is 0.627. The highest BCUT2D eigenvalue weighted by molar-refractivity contribution is 6.33. The summed E-state index contributed by atoms with van der Waals surface area (Å²) in [5.74, 6) is -1.13. The molecule has 0 aromatic heterocycles. The second kappa shape index (κ2) is 8.71. The Morgan fingerprint density at radius 1 is 1.36 bits per heavy atom. The molecule has 0 spiro atoms. The molecule has 1 N–H and O–H groups in total. The lowest BCUT2D eigenvalue weighted by atomic mass is 9.97. The Morgan fingerprint density at radius 2 is 2.12 bits per heavy atom. The summed E-state index contributed by atoms with van der Waals surface area (Å²) >= 11 is 6.10. The van der Waals surface area contributed by atoms with Crippen molar-refractivity contribution in [2.75, 3.05) is 32.1 Å². The van der Waals surface area contributed by atoms with Crippen LogP contribution >= 0.6 is 11.6 Å². The number of likely N-dealkylation sites (tertiary alicyclic amines) is 1. The Morgan fingerprint density at radius 3 is 2.80 bits per heavy atom. The first-order valence-electron chi connectivity index (χ1n) is 8.06. The van der Waals surface area contributed by atoms with Gasteiger partial charge in [0.25, 0.3) is 0 Å². The summed E-state index contributed by atoms with van der Waals surface area (Å²) < 4.78 is 9.65. The van der Waals surface area contributed by atoms with E-state index in [2.05, 4.69) is 10.1 Å². The summed E-state index contributed by atoms with van der Waals surface area (Å²) in [4.78, 5) is 37.5. The maximum Gasteiger partial charge on any atom is 0.409 e. The van der Waals surface area contributed by atoms with E-state index in [1.807, 2.05) is 0 Å². The van der Waals surface area contributed by atoms with Crippen molar-refractivity contribution in [3.63, 3.8) is 0 Å². The van der Waals surface area contributed by atoms with E-state index in [4.69, 9.17) is 16.3 Å². The fraction of sp³-hybridized carbons (Fsp3) is 0.471. The maximum absolute atomic E-state index is 12.5. The Kier molecular flexibility index (Phi) is 6.64. The van der Waals surface area contributed by atoms with Gasteiger partial charge in [-0.25, -0.2) is 9.59 Å². The summed E-state index contributed by atoms with van der Waals surface area (Å²) in [7, 11) is 1.28. The van der Waals surface area contributed by atoms with E-state index in [0.29, 0.717) is 48.8 Å². The number of nitrogens with zero attached hydrogens (tertiary/aromatic N) is 1. The third-order valence-corrected chi connectivity index (χ3v) is 4.29. The molecule has 1 fully saturated rings. The fourth-order valence-electron chi connectivity index (χ4n) is 2.67. The van der Waals surface area contributed by atoms with Gasteiger partial charge in [-0.3, -0.25) is 4.79 Å². The largest absolute Gasteiger partial charge is 0.465 e. The van der Waals surface area contributed by atoms with Crippen LogP contribution < -0.4 is 5.32 Å². The second-order valence-electron chi connectivity index (χ2n) is 5.66. The van der Waals surface area contributed by atoms with E-state index in [0.717, 1.165) is 0 Å². The standard InChI is InChI=1S/C17H21ClN2O5/c1-3-25-17(23)20-8-4-5-12(10-20)15(21)19-14-9-11(16(22)24-2)6-7-13(14)18/h6-7,9,12H,3-5,8,10H2,1-2H3,(H,19,21)/t12-/m0/s1. The van der Waals surface area contributed by atoms with E-state index in [9.17, 15) is 14.4 Å². The number of nitrogens with one attached hydrogen (secondary N) is 1. The van der Waals surface area contributed by atoms with Gasteiger partial charge in [-0.1, -0.05) is 11.6 Å². The molecule has 2 rings (SSSR count). The van der Waals surface area contributed by atoms with Crippen molar-refractivity contribution in [1.29, 1.82) is 0 Å². The molecule has 136 valence electrons. The normalized spacial score (nSPS) is 16.9. The molecule has 1 saturated heterocycles. The minimum Gasteiger partial charge on any atom is -0.465 e. The van der Waals surface area contributed by atoms with Crippen LogP contribution in [0.3, 0.4) is 0 Å². The van der Waals surface area contributed by atoms with Crippen molar-refractivity contribution in [3.05, 3.63) is 28.8 Å². The van der Waals surface area contributed by atoms with Gasteiger partial charge >= 0.3 is 12.1 Å². The number of carbonyl (C=O) groups excluding carboxylic acids is 3. The van der Waals surface area contributed by atoms with E-state index in [-0.39, 0.29) is 11.8 Å². The smallest absolute Gasteiger partial charge is 0.409 e. The lowest BCUT2D eigenvalue weighted by Gasteiger charge is -2.31. The Labute approximate surface area is 151 Å². The van der Waals surface area contributed by atoms with Gasteiger partial charge < -0.3 is 19.7 Å². The molecule has 1 aromatic rings. The third-order valence-electron chi connectivity index (χ3n) is 3.96. The van der Waals surface area contributed by atoms with Crippen LogP contribution in [0.25, 0.3) is 0 Å². The summed E-state index contributed by atoms with van der Waals surface area (Å²) in [6.07, 6.45) is 0.966. The lowest BCUT2D eigenvalue weighted by Crippen LogP contribution is -2.44. The number of hydrogen-bond donors (Lipinski definition) is 1. The summed E-state index contributed by atoms with van der Waals surface area (Å²) in [6.45, 7) is 2.89. The van der Waals surface area contributed by atoms with Gasteiger partial charge in [0.05, 0.1) is 35.9 Å². The van der Waals surface area contributed by atoms with Gasteiger partial charge in [-0.15, -0.1) is 0 Å². The van der Waals surface area contributed by atoms with Crippen LogP contribution in [0.5, 0.6) is 0 Å². The van der Waals surface area contributed by atoms with E-state index in [1.165, 1.54) is 30.2 Å². The average molecular weight is 369 g/mol. The zero-order valence-electron chi connectivity index (χ0n) is 14.2. The van der Waals surface area contributed by atoms with Crippen LogP contribution in [-0.2, 0) is 14.3 Å². The van der Waals surface area contributed by atoms with Gasteiger partial charge in [0.15, 0.2) is 0 Å². The van der Waals surface area contributed by atoms with Crippen molar-refractivity contribution >= 4 is 35.3 Å². The number of esters is 1. The highest BCUT2D eigenvalue weighted by Gasteiger charge is 2.29. The molecule has 0 aliphatic carbocycles. The molecule has 0 bridgehead atoms. The van der Waals surface area contributed by atoms with Gasteiger partial charge in [0.2, 0.25) is 5.91 Å². The predicted octanol–water partition coefficient (Wildman–Crippen LogP) is 2.93. The first-order valence-corrected chi connectivity index (χ1v) is 8.44. The molecule has 1 atom stereocenters. The number of ether oxygens (including phenoxy) is 2. The van der Waals surface area contributed by atoms with Crippen molar-refractivity contribution in [2.24, 2.45) is 5.92 Å². The minimum absolute atomic E-state index is 0.252. The molecule has 2 amide bonds. The highest BCUT2D eigenvalue weighted by Crippen LogP contribution is 2.26. The number of hydrogen-bond acceptors (Lipinski definition) is 5. The zero-order chi connectivity index (χ0) is 18.4. The molecule has 25 heavy (non-hydrogen) atoms. The molecule has 1 aliphatic heterocycles. The molecular weight excluding hydrogens is 348 g/mol. The third kappa shape index (κ3) is 4.85. The minimum atomic E-state index is -0.515. The van der Waals surface area contributed by atoms with Gasteiger partial charge in [0.1, 0.15) is 0 Å². The van der Waals surface area contributed by atoms with Crippen molar-refractivity contribution in [2.45, 2.75) is 19.8 Å². The number of anilines is 1. The van der Waals surface area contributed by atoms with Gasteiger partial charge in [-0.05, 0) is 38.0 Å². The summed E-state index contributed by atoms with van der Waals surface area (Å²) in [5, 5.41) is 3.05. The number of rotatable bonds is 4. The number of piperidine rings is 1. The molecule has 0 radical (unpaired) electrons. The van der Waals surface area contributed by atoms with Crippen molar-refractivity contribution in [3.8, 4) is 0 Å². The summed E-state index contributed by atoms with van der Waals surface area (Å²) in [6, 6.07) is 4.51. The number of carbonyl (C=O) groups is 3. The molecule has 8 heteroatoms. The first-order chi connectivity index (χ1) is 12.0. The van der Waals surface area contributed by atoms with Crippen LogP contribution in [-0.4, -0.2) is 49.7 Å². The Hall–Kier alpha value is -2.28. The quantitative estimate of drug-likeness (QED) is 0.826. The van der Waals surface area contributed by atoms with Gasteiger partial charge in [0, 0.05) is 13.1 Å². The first kappa shape index (κ1) is 19.1. The van der Waals surface area contributed by atoms with Crippen molar-refractivity contribution in [1.82, 2.24) is 4.90 Å². The monoisotopic (exact) mass is 368 g/mol. The SMILES string of the molecule is CCOC(=O)N1CCC[C@H](C(=O)Nc2cc(C(=O)OC)ccc2Cl)C1. The Bertz CT molecular complexity index is 664. The topological polar surface area (TPSA) is 84.9 Å². The molecule has 7 nitrogen and oxygen atoms in total. The van der Waals surface area contributed by atoms with Crippen LogP contribution in [0.1, 0.15) is 30.1 Å². The molecule has 1 aromatic carbocycles. The van der Waals surface area contributed by atoms with Crippen molar-refractivity contribution < 1.29 is 23.9 Å². The molecule has 0 unspecified atom stereocenters. The van der Waals surface area contributed by atoms with E-state index in [1.54, 1.807) is 6.92 Å². The van der Waals surface area contributed by atoms with E-state index < -0.39 is 12.1 Å². The second-order valence-corrected chi connectivity index (χ2v) is 6.07. The molecular formula is C17H21ClN2O5. The number of amides is 2. The van der Waals surface area contributed by atoms with E-state index >= 15 is 0 Å². The average Bonchev–Trinajstić information content (AvgIpc) is 2.63. The number of halogens is 1. The van der Waals surface area contributed by atoms with Crippen LogP contribution in [0.15, 0.2) is 18.2 Å². The molecule has 1 heterocycles. The Balaban J connectivity index is 2.06. The van der Waals surface area contributed by atoms with Gasteiger partial charge in [-0.2, -0.15) is 0 Å². The predicted molar refractivity (Wildman–Crippen MR) is 92.7 cm³/mol. The lowest BCUT2D eigenvalue weighted by molar-refractivity contribution is -0.121. The number of benzene rings is 1. The maximum atomic E-state index is 12.5. The molecule has 0 saturated carbocycles. The highest BCUT2D eigenvalue weighted by atomic mass is 35.5.